The molecule has 4 aromatic rings. The highest BCUT2D eigenvalue weighted by atomic mass is 32.2. The number of allylic oxidation sites excluding steroid dienone is 1. The van der Waals surface area contributed by atoms with Crippen LogP contribution in [0.1, 0.15) is 17.1 Å². The molecule has 3 aromatic heterocycles. The molecule has 0 saturated carbocycles. The van der Waals surface area contributed by atoms with Crippen LogP contribution >= 0.6 is 23.1 Å². The molecular weight excluding hydrogens is 463 g/mol. The van der Waals surface area contributed by atoms with Crippen molar-refractivity contribution in [2.45, 2.75) is 30.2 Å². The van der Waals surface area contributed by atoms with Crippen LogP contribution in [0.15, 0.2) is 64.5 Å². The third-order valence-corrected chi connectivity index (χ3v) is 6.10. The van der Waals surface area contributed by atoms with Crippen molar-refractivity contribution >= 4 is 28.1 Å². The lowest BCUT2D eigenvalue weighted by Gasteiger charge is -2.11. The van der Waals surface area contributed by atoms with Crippen molar-refractivity contribution in [1.82, 2.24) is 24.1 Å². The van der Waals surface area contributed by atoms with Crippen molar-refractivity contribution in [2.75, 3.05) is 0 Å². The van der Waals surface area contributed by atoms with Crippen molar-refractivity contribution in [1.29, 1.82) is 0 Å². The van der Waals surface area contributed by atoms with Crippen molar-refractivity contribution < 1.29 is 17.9 Å². The van der Waals surface area contributed by atoms with E-state index in [0.717, 1.165) is 12.1 Å². The van der Waals surface area contributed by atoms with Gasteiger partial charge >= 0.3 is 6.18 Å². The van der Waals surface area contributed by atoms with Crippen LogP contribution < -0.4 is 10.3 Å². The fourth-order valence-electron chi connectivity index (χ4n) is 2.86. The molecule has 7 nitrogen and oxygen atoms in total. The fraction of sp³-hybridized carbons (Fsp3) is 0.200. The molecular formula is C20H16F3N5O2S2. The number of aromatic nitrogens is 5. The molecule has 0 aliphatic rings. The van der Waals surface area contributed by atoms with Gasteiger partial charge in [0.15, 0.2) is 15.9 Å². The van der Waals surface area contributed by atoms with Crippen LogP contribution in [0, 0.1) is 0 Å². The molecule has 0 saturated heterocycles. The fourth-order valence-corrected chi connectivity index (χ4v) is 4.45. The Kier molecular flexibility index (Phi) is 6.33. The Hall–Kier alpha value is -3.12. The number of hydrogen-bond acceptors (Lipinski definition) is 7. The molecule has 0 spiro atoms. The van der Waals surface area contributed by atoms with E-state index in [1.807, 2.05) is 0 Å². The summed E-state index contributed by atoms with van der Waals surface area (Å²) < 4.78 is 47.4. The predicted molar refractivity (Wildman–Crippen MR) is 115 cm³/mol. The summed E-state index contributed by atoms with van der Waals surface area (Å²) >= 11 is 2.71. The minimum atomic E-state index is -4.45. The Bertz CT molecular complexity index is 1310. The SMILES string of the molecule is C=CCn1c(COc2cccc(C(F)(F)F)c2)nnc1SCc1cc(=O)n2ccsc2n1. The number of thioether (sulfide) groups is 1. The van der Waals surface area contributed by atoms with Crippen LogP contribution in [-0.4, -0.2) is 24.1 Å². The molecule has 0 N–H and O–H groups in total. The standard InChI is InChI=1S/C20H16F3N5O2S2/c1-2-6-27-16(11-30-15-5-3-4-13(9-15)20(21,22)23)25-26-19(27)32-12-14-10-17(29)28-7-8-31-18(28)24-14/h2-5,7-10H,1,6,11-12H2. The lowest BCUT2D eigenvalue weighted by atomic mass is 10.2. The second kappa shape index (κ2) is 9.17. The summed E-state index contributed by atoms with van der Waals surface area (Å²) in [6.07, 6.45) is -1.12. The van der Waals surface area contributed by atoms with Gasteiger partial charge in [-0.3, -0.25) is 13.8 Å². The molecule has 0 unspecified atom stereocenters. The highest BCUT2D eigenvalue weighted by Gasteiger charge is 2.30. The number of fused-ring (bicyclic) bond motifs is 1. The summed E-state index contributed by atoms with van der Waals surface area (Å²) in [5.74, 6) is 0.913. The molecule has 32 heavy (non-hydrogen) atoms. The monoisotopic (exact) mass is 479 g/mol. The van der Waals surface area contributed by atoms with Crippen LogP contribution in [0.4, 0.5) is 13.2 Å². The van der Waals surface area contributed by atoms with Gasteiger partial charge in [-0.05, 0) is 18.2 Å². The van der Waals surface area contributed by atoms with Crippen LogP contribution in [0.5, 0.6) is 5.75 Å². The van der Waals surface area contributed by atoms with Gasteiger partial charge in [0.25, 0.3) is 5.56 Å². The number of nitrogens with zero attached hydrogens (tertiary/aromatic N) is 5. The Morgan fingerprint density at radius 2 is 2.09 bits per heavy atom. The molecule has 0 radical (unpaired) electrons. The molecule has 1 aromatic carbocycles. The second-order valence-electron chi connectivity index (χ2n) is 6.54. The minimum Gasteiger partial charge on any atom is -0.486 e. The number of ether oxygens (including phenoxy) is 1. The van der Waals surface area contributed by atoms with E-state index in [2.05, 4.69) is 21.8 Å². The summed E-state index contributed by atoms with van der Waals surface area (Å²) in [5, 5.41) is 10.6. The normalized spacial score (nSPS) is 11.7. The van der Waals surface area contributed by atoms with Gasteiger partial charge in [-0.15, -0.1) is 28.1 Å². The van der Waals surface area contributed by atoms with E-state index in [1.54, 1.807) is 22.2 Å². The molecule has 0 aliphatic carbocycles. The Morgan fingerprint density at radius 1 is 1.25 bits per heavy atom. The van der Waals surface area contributed by atoms with E-state index in [4.69, 9.17) is 4.74 Å². The maximum atomic E-state index is 12.9. The first-order chi connectivity index (χ1) is 15.3. The third kappa shape index (κ3) is 4.86. The topological polar surface area (TPSA) is 74.3 Å². The molecule has 4 rings (SSSR count). The summed E-state index contributed by atoms with van der Waals surface area (Å²) in [7, 11) is 0. The molecule has 166 valence electrons. The number of hydrogen-bond donors (Lipinski definition) is 0. The largest absolute Gasteiger partial charge is 0.486 e. The average molecular weight is 480 g/mol. The van der Waals surface area contributed by atoms with E-state index in [-0.39, 0.29) is 17.9 Å². The molecule has 0 atom stereocenters. The first-order valence-corrected chi connectivity index (χ1v) is 11.1. The van der Waals surface area contributed by atoms with E-state index in [1.165, 1.54) is 45.7 Å². The zero-order valence-electron chi connectivity index (χ0n) is 16.5. The number of benzene rings is 1. The lowest BCUT2D eigenvalue weighted by molar-refractivity contribution is -0.137. The summed E-state index contributed by atoms with van der Waals surface area (Å²) in [6, 6.07) is 6.13. The van der Waals surface area contributed by atoms with Gasteiger partial charge in [0, 0.05) is 29.9 Å². The Balaban J connectivity index is 1.48. The van der Waals surface area contributed by atoms with E-state index in [9.17, 15) is 18.0 Å². The van der Waals surface area contributed by atoms with Gasteiger partial charge in [0.05, 0.1) is 11.3 Å². The summed E-state index contributed by atoms with van der Waals surface area (Å²) in [4.78, 5) is 17.2. The van der Waals surface area contributed by atoms with Crippen LogP contribution in [0.3, 0.4) is 0 Å². The first kappa shape index (κ1) is 22.1. The molecule has 12 heteroatoms. The van der Waals surface area contributed by atoms with Crippen LogP contribution in [0.2, 0.25) is 0 Å². The zero-order chi connectivity index (χ0) is 22.7. The maximum Gasteiger partial charge on any atom is 0.416 e. The Labute approximate surface area is 188 Å². The number of thiazole rings is 1. The van der Waals surface area contributed by atoms with Gasteiger partial charge < -0.3 is 4.74 Å². The number of rotatable bonds is 8. The zero-order valence-corrected chi connectivity index (χ0v) is 18.1. The molecule has 0 aliphatic heterocycles. The summed E-state index contributed by atoms with van der Waals surface area (Å²) in [6.45, 7) is 4.05. The quantitative estimate of drug-likeness (QED) is 0.275. The number of halogens is 3. The van der Waals surface area contributed by atoms with Gasteiger partial charge in [-0.1, -0.05) is 23.9 Å². The second-order valence-corrected chi connectivity index (χ2v) is 8.36. The van der Waals surface area contributed by atoms with Crippen molar-refractivity contribution in [2.24, 2.45) is 0 Å². The minimum absolute atomic E-state index is 0.0660. The van der Waals surface area contributed by atoms with Gasteiger partial charge in [-0.2, -0.15) is 13.2 Å². The Morgan fingerprint density at radius 3 is 2.88 bits per heavy atom. The van der Waals surface area contributed by atoms with Gasteiger partial charge in [-0.25, -0.2) is 4.98 Å². The van der Waals surface area contributed by atoms with E-state index < -0.39 is 11.7 Å². The predicted octanol–water partition coefficient (Wildman–Crippen LogP) is 4.42. The molecule has 0 amide bonds. The number of alkyl halides is 3. The molecule has 3 heterocycles. The third-order valence-electron chi connectivity index (χ3n) is 4.34. The van der Waals surface area contributed by atoms with Gasteiger partial charge in [0.2, 0.25) is 0 Å². The lowest BCUT2D eigenvalue weighted by Crippen LogP contribution is -2.12. The highest BCUT2D eigenvalue weighted by Crippen LogP contribution is 2.31. The first-order valence-electron chi connectivity index (χ1n) is 9.27. The van der Waals surface area contributed by atoms with Crippen molar-refractivity contribution in [3.8, 4) is 5.75 Å². The molecule has 0 fully saturated rings. The van der Waals surface area contributed by atoms with Crippen molar-refractivity contribution in [3.63, 3.8) is 0 Å². The smallest absolute Gasteiger partial charge is 0.416 e. The van der Waals surface area contributed by atoms with E-state index >= 15 is 0 Å². The van der Waals surface area contributed by atoms with Crippen LogP contribution in [0.25, 0.3) is 4.96 Å². The maximum absolute atomic E-state index is 12.9. The van der Waals surface area contributed by atoms with Crippen molar-refractivity contribution in [3.05, 3.63) is 82.0 Å². The van der Waals surface area contributed by atoms with Crippen LogP contribution in [-0.2, 0) is 25.1 Å². The highest BCUT2D eigenvalue weighted by molar-refractivity contribution is 7.98. The summed E-state index contributed by atoms with van der Waals surface area (Å²) in [5.41, 5.74) is -0.336. The van der Waals surface area contributed by atoms with E-state index in [0.29, 0.717) is 33.9 Å². The molecule has 0 bridgehead atoms. The van der Waals surface area contributed by atoms with Gasteiger partial charge in [0.1, 0.15) is 12.4 Å². The average Bonchev–Trinajstić information content (AvgIpc) is 3.38.